The lowest BCUT2D eigenvalue weighted by Gasteiger charge is -2.11. The third-order valence-corrected chi connectivity index (χ3v) is 4.16. The molecule has 0 N–H and O–H groups in total. The lowest BCUT2D eigenvalue weighted by Crippen LogP contribution is -2.28. The minimum atomic E-state index is -0.270. The van der Waals surface area contributed by atoms with Crippen LogP contribution in [0, 0.1) is 20.8 Å². The highest BCUT2D eigenvalue weighted by Crippen LogP contribution is 2.17. The summed E-state index contributed by atoms with van der Waals surface area (Å²) in [6, 6.07) is 0. The summed E-state index contributed by atoms with van der Waals surface area (Å²) < 4.78 is 4.29. The second-order valence-electron chi connectivity index (χ2n) is 4.19. The lowest BCUT2D eigenvalue weighted by molar-refractivity contribution is 0.632. The summed E-state index contributed by atoms with van der Waals surface area (Å²) in [6.07, 6.45) is 0. The maximum Gasteiger partial charge on any atom is 0.348 e. The minimum Gasteiger partial charge on any atom is -0.317 e. The van der Waals surface area contributed by atoms with Gasteiger partial charge in [0.05, 0.1) is 16.7 Å². The van der Waals surface area contributed by atoms with Gasteiger partial charge >= 0.3 is 5.69 Å². The fraction of sp³-hybridized carbons (Fsp3) is 0.455. The third-order valence-electron chi connectivity index (χ3n) is 3.02. The van der Waals surface area contributed by atoms with E-state index in [-0.39, 0.29) is 5.69 Å². The van der Waals surface area contributed by atoms with Crippen molar-refractivity contribution in [3.05, 3.63) is 38.0 Å². The van der Waals surface area contributed by atoms with Crippen LogP contribution >= 0.6 is 15.9 Å². The number of aromatic nitrogens is 5. The summed E-state index contributed by atoms with van der Waals surface area (Å²) in [5.74, 6) is 1.55. The van der Waals surface area contributed by atoms with Crippen LogP contribution in [0.25, 0.3) is 0 Å². The topological polar surface area (TPSA) is 65.6 Å². The fourth-order valence-corrected chi connectivity index (χ4v) is 2.00. The zero-order valence-electron chi connectivity index (χ0n) is 10.7. The van der Waals surface area contributed by atoms with Crippen LogP contribution < -0.4 is 5.69 Å². The number of rotatable bonds is 2. The Bertz CT molecular complexity index is 658. The first-order chi connectivity index (χ1) is 8.41. The number of hydrogen-bond acceptors (Lipinski definition) is 4. The molecule has 0 aliphatic rings. The van der Waals surface area contributed by atoms with Gasteiger partial charge in [0.15, 0.2) is 5.82 Å². The van der Waals surface area contributed by atoms with Crippen molar-refractivity contribution < 1.29 is 0 Å². The van der Waals surface area contributed by atoms with E-state index in [1.165, 1.54) is 0 Å². The maximum atomic E-state index is 11.9. The van der Waals surface area contributed by atoms with Crippen LogP contribution in [0.15, 0.2) is 9.27 Å². The Morgan fingerprint density at radius 1 is 1.22 bits per heavy atom. The van der Waals surface area contributed by atoms with E-state index >= 15 is 0 Å². The molecule has 18 heavy (non-hydrogen) atoms. The van der Waals surface area contributed by atoms with Crippen LogP contribution in [0.3, 0.4) is 0 Å². The molecular weight excluding hydrogens is 298 g/mol. The van der Waals surface area contributed by atoms with Gasteiger partial charge in [0.2, 0.25) is 0 Å². The van der Waals surface area contributed by atoms with Crippen molar-refractivity contribution >= 4 is 15.9 Å². The molecule has 2 heterocycles. The normalized spacial score (nSPS) is 10.9. The Balaban J connectivity index is 2.50. The van der Waals surface area contributed by atoms with Gasteiger partial charge in [0.1, 0.15) is 5.82 Å². The first-order valence-corrected chi connectivity index (χ1v) is 6.29. The SMILES string of the molecule is Cc1nc(=O)n(Cc2nnc(C)n2C)c(C)c1Br. The van der Waals surface area contributed by atoms with Crippen LogP contribution in [0.2, 0.25) is 0 Å². The number of nitrogens with zero attached hydrogens (tertiary/aromatic N) is 5. The Labute approximate surface area is 113 Å². The van der Waals surface area contributed by atoms with E-state index < -0.39 is 0 Å². The molecule has 2 rings (SSSR count). The molecule has 0 radical (unpaired) electrons. The lowest BCUT2D eigenvalue weighted by atomic mass is 10.3. The molecule has 0 aliphatic heterocycles. The number of aryl methyl sites for hydroxylation is 2. The standard InChI is InChI=1S/C11H14BrN5O/c1-6-10(12)7(2)17(11(18)13-6)5-9-15-14-8(3)16(9)4/h5H2,1-4H3. The highest BCUT2D eigenvalue weighted by Gasteiger charge is 2.12. The summed E-state index contributed by atoms with van der Waals surface area (Å²) in [6.45, 7) is 5.92. The van der Waals surface area contributed by atoms with Gasteiger partial charge in [-0.05, 0) is 36.7 Å². The zero-order valence-corrected chi connectivity index (χ0v) is 12.3. The molecule has 0 aliphatic carbocycles. The molecule has 2 aromatic rings. The van der Waals surface area contributed by atoms with Crippen LogP contribution in [0.5, 0.6) is 0 Å². The summed E-state index contributed by atoms with van der Waals surface area (Å²) in [5, 5.41) is 8.03. The Morgan fingerprint density at radius 3 is 2.44 bits per heavy atom. The van der Waals surface area contributed by atoms with E-state index in [0.717, 1.165) is 21.8 Å². The predicted octanol–water partition coefficient (Wildman–Crippen LogP) is 1.11. The predicted molar refractivity (Wildman–Crippen MR) is 70.5 cm³/mol. The molecule has 0 amide bonds. The van der Waals surface area contributed by atoms with Gasteiger partial charge in [-0.2, -0.15) is 4.98 Å². The van der Waals surface area contributed by atoms with Crippen LogP contribution in [-0.4, -0.2) is 24.3 Å². The second kappa shape index (κ2) is 4.64. The third kappa shape index (κ3) is 2.10. The van der Waals surface area contributed by atoms with Crippen molar-refractivity contribution in [3.63, 3.8) is 0 Å². The van der Waals surface area contributed by atoms with Gasteiger partial charge in [-0.15, -0.1) is 10.2 Å². The van der Waals surface area contributed by atoms with Crippen molar-refractivity contribution in [2.24, 2.45) is 7.05 Å². The summed E-state index contributed by atoms with van der Waals surface area (Å²) in [7, 11) is 1.88. The molecule has 0 spiro atoms. The zero-order chi connectivity index (χ0) is 13.4. The smallest absolute Gasteiger partial charge is 0.317 e. The van der Waals surface area contributed by atoms with Gasteiger partial charge in [-0.1, -0.05) is 0 Å². The van der Waals surface area contributed by atoms with E-state index in [4.69, 9.17) is 0 Å². The Hall–Kier alpha value is -1.50. The quantitative estimate of drug-likeness (QED) is 0.833. The highest BCUT2D eigenvalue weighted by molar-refractivity contribution is 9.10. The van der Waals surface area contributed by atoms with Gasteiger partial charge in [0.25, 0.3) is 0 Å². The molecule has 6 nitrogen and oxygen atoms in total. The van der Waals surface area contributed by atoms with Crippen molar-refractivity contribution in [1.82, 2.24) is 24.3 Å². The van der Waals surface area contributed by atoms with E-state index in [1.54, 1.807) is 11.5 Å². The monoisotopic (exact) mass is 311 g/mol. The Morgan fingerprint density at radius 2 is 1.89 bits per heavy atom. The van der Waals surface area contributed by atoms with E-state index in [1.807, 2.05) is 25.5 Å². The molecule has 0 saturated carbocycles. The molecule has 0 saturated heterocycles. The molecule has 0 bridgehead atoms. The molecule has 0 fully saturated rings. The number of halogens is 1. The van der Waals surface area contributed by atoms with Gasteiger partial charge < -0.3 is 4.57 Å². The summed E-state index contributed by atoms with van der Waals surface area (Å²) in [4.78, 5) is 15.9. The van der Waals surface area contributed by atoms with Crippen LogP contribution in [0.4, 0.5) is 0 Å². The highest BCUT2D eigenvalue weighted by atomic mass is 79.9. The van der Waals surface area contributed by atoms with Gasteiger partial charge in [-0.3, -0.25) is 4.57 Å². The van der Waals surface area contributed by atoms with Crippen molar-refractivity contribution in [2.75, 3.05) is 0 Å². The van der Waals surface area contributed by atoms with Crippen molar-refractivity contribution in [3.8, 4) is 0 Å². The fourth-order valence-electron chi connectivity index (χ4n) is 1.69. The number of hydrogen-bond donors (Lipinski definition) is 0. The molecule has 2 aromatic heterocycles. The maximum absolute atomic E-state index is 11.9. The molecule has 0 aromatic carbocycles. The first kappa shape index (κ1) is 12.9. The summed E-state index contributed by atoms with van der Waals surface area (Å²) in [5.41, 5.74) is 1.27. The van der Waals surface area contributed by atoms with E-state index in [0.29, 0.717) is 12.2 Å². The summed E-state index contributed by atoms with van der Waals surface area (Å²) >= 11 is 3.44. The largest absolute Gasteiger partial charge is 0.348 e. The Kier molecular flexibility index (Phi) is 3.34. The molecule has 0 unspecified atom stereocenters. The average Bonchev–Trinajstić information content (AvgIpc) is 2.63. The molecule has 0 atom stereocenters. The second-order valence-corrected chi connectivity index (χ2v) is 4.98. The van der Waals surface area contributed by atoms with Gasteiger partial charge in [0, 0.05) is 12.7 Å². The van der Waals surface area contributed by atoms with E-state index in [2.05, 4.69) is 31.1 Å². The van der Waals surface area contributed by atoms with Crippen molar-refractivity contribution in [1.29, 1.82) is 0 Å². The van der Waals surface area contributed by atoms with E-state index in [9.17, 15) is 4.79 Å². The average molecular weight is 312 g/mol. The molecule has 96 valence electrons. The minimum absolute atomic E-state index is 0.270. The van der Waals surface area contributed by atoms with Gasteiger partial charge in [-0.25, -0.2) is 4.79 Å². The van der Waals surface area contributed by atoms with Crippen LogP contribution in [0.1, 0.15) is 23.0 Å². The molecular formula is C11H14BrN5O. The van der Waals surface area contributed by atoms with Crippen molar-refractivity contribution in [2.45, 2.75) is 27.3 Å². The van der Waals surface area contributed by atoms with Crippen LogP contribution in [-0.2, 0) is 13.6 Å². The molecule has 7 heteroatoms. The first-order valence-electron chi connectivity index (χ1n) is 5.50.